The van der Waals surface area contributed by atoms with E-state index in [2.05, 4.69) is 5.32 Å². The number of ether oxygens (including phenoxy) is 3. The predicted molar refractivity (Wildman–Crippen MR) is 103 cm³/mol. The summed E-state index contributed by atoms with van der Waals surface area (Å²) in [5.41, 5.74) is 0.450. The second-order valence-electron chi connectivity index (χ2n) is 7.71. The molecular weight excluding hydrogens is 392 g/mol. The van der Waals surface area contributed by atoms with Gasteiger partial charge in [0.2, 0.25) is 11.8 Å². The molecule has 30 heavy (non-hydrogen) atoms. The molecular formula is C21H24N2O7. The number of imide groups is 2. The van der Waals surface area contributed by atoms with Crippen molar-refractivity contribution in [1.29, 1.82) is 0 Å². The lowest BCUT2D eigenvalue weighted by molar-refractivity contribution is -0.136. The van der Waals surface area contributed by atoms with Gasteiger partial charge in [-0.2, -0.15) is 0 Å². The van der Waals surface area contributed by atoms with Gasteiger partial charge in [-0.1, -0.05) is 0 Å². The number of carbonyl (C=O) groups excluding carboxylic acids is 4. The first kappa shape index (κ1) is 20.5. The second-order valence-corrected chi connectivity index (χ2v) is 7.71. The SMILES string of the molecule is C[C@@H]1COC(CCCCOc2ccc3c(c2)C(=O)N(C2CCC(=O)NC2=O)C3=O)O1. The van der Waals surface area contributed by atoms with E-state index in [-0.39, 0.29) is 36.4 Å². The molecule has 4 amide bonds. The highest BCUT2D eigenvalue weighted by molar-refractivity contribution is 6.23. The molecule has 4 rings (SSSR count). The summed E-state index contributed by atoms with van der Waals surface area (Å²) in [5.74, 6) is -1.60. The minimum absolute atomic E-state index is 0.0913. The molecule has 3 aliphatic rings. The molecule has 0 spiro atoms. The number of rotatable bonds is 7. The average Bonchev–Trinajstić information content (AvgIpc) is 3.23. The van der Waals surface area contributed by atoms with Crippen LogP contribution >= 0.6 is 0 Å². The molecule has 0 saturated carbocycles. The fourth-order valence-electron chi connectivity index (χ4n) is 3.87. The maximum atomic E-state index is 12.8. The Labute approximate surface area is 173 Å². The molecule has 3 atom stereocenters. The van der Waals surface area contributed by atoms with Crippen LogP contribution in [0.15, 0.2) is 18.2 Å². The maximum Gasteiger partial charge on any atom is 0.262 e. The van der Waals surface area contributed by atoms with Gasteiger partial charge in [-0.15, -0.1) is 0 Å². The Kier molecular flexibility index (Phi) is 5.83. The summed E-state index contributed by atoms with van der Waals surface area (Å²) in [6.45, 7) is 3.06. The molecule has 2 unspecified atom stereocenters. The van der Waals surface area contributed by atoms with Gasteiger partial charge < -0.3 is 14.2 Å². The highest BCUT2D eigenvalue weighted by atomic mass is 16.7. The first-order valence-electron chi connectivity index (χ1n) is 10.2. The molecule has 3 aliphatic heterocycles. The fourth-order valence-corrected chi connectivity index (χ4v) is 3.87. The van der Waals surface area contributed by atoms with Gasteiger partial charge in [-0.3, -0.25) is 29.4 Å². The Morgan fingerprint density at radius 3 is 2.67 bits per heavy atom. The van der Waals surface area contributed by atoms with Crippen LogP contribution in [0.25, 0.3) is 0 Å². The van der Waals surface area contributed by atoms with E-state index in [1.165, 1.54) is 6.07 Å². The van der Waals surface area contributed by atoms with Crippen LogP contribution in [0.4, 0.5) is 0 Å². The average molecular weight is 416 g/mol. The summed E-state index contributed by atoms with van der Waals surface area (Å²) in [6.07, 6.45) is 2.68. The number of hydrogen-bond donors (Lipinski definition) is 1. The number of unbranched alkanes of at least 4 members (excludes halogenated alkanes) is 1. The van der Waals surface area contributed by atoms with E-state index in [1.54, 1.807) is 12.1 Å². The van der Waals surface area contributed by atoms with Gasteiger partial charge in [0.1, 0.15) is 11.8 Å². The molecule has 2 saturated heterocycles. The smallest absolute Gasteiger partial charge is 0.262 e. The largest absolute Gasteiger partial charge is 0.494 e. The third-order valence-electron chi connectivity index (χ3n) is 5.42. The number of carbonyl (C=O) groups is 4. The van der Waals surface area contributed by atoms with Gasteiger partial charge in [-0.05, 0) is 50.8 Å². The molecule has 160 valence electrons. The molecule has 0 bridgehead atoms. The van der Waals surface area contributed by atoms with Gasteiger partial charge in [0.15, 0.2) is 6.29 Å². The molecule has 2 fully saturated rings. The van der Waals surface area contributed by atoms with Crippen LogP contribution in [0.5, 0.6) is 5.75 Å². The summed E-state index contributed by atoms with van der Waals surface area (Å²) in [6, 6.07) is 3.75. The lowest BCUT2D eigenvalue weighted by atomic mass is 10.0. The summed E-state index contributed by atoms with van der Waals surface area (Å²) >= 11 is 0. The molecule has 0 aliphatic carbocycles. The highest BCUT2D eigenvalue weighted by Gasteiger charge is 2.44. The standard InChI is InChI=1S/C21H24N2O7/c1-12-11-29-18(30-12)4-2-3-9-28-13-5-6-14-15(10-13)21(27)23(20(14)26)16-7-8-17(24)22-19(16)25/h5-6,10,12,16,18H,2-4,7-9,11H2,1H3,(H,22,24,25)/t12-,16?,18?/m1/s1. The van der Waals surface area contributed by atoms with Crippen molar-refractivity contribution in [2.24, 2.45) is 0 Å². The van der Waals surface area contributed by atoms with Crippen molar-refractivity contribution in [2.75, 3.05) is 13.2 Å². The van der Waals surface area contributed by atoms with Crippen LogP contribution in [0.2, 0.25) is 0 Å². The van der Waals surface area contributed by atoms with Crippen molar-refractivity contribution in [3.05, 3.63) is 29.3 Å². The van der Waals surface area contributed by atoms with Crippen LogP contribution in [-0.2, 0) is 19.1 Å². The van der Waals surface area contributed by atoms with Crippen LogP contribution < -0.4 is 10.1 Å². The van der Waals surface area contributed by atoms with E-state index in [1.807, 2.05) is 6.92 Å². The monoisotopic (exact) mass is 416 g/mol. The van der Waals surface area contributed by atoms with Crippen molar-refractivity contribution in [1.82, 2.24) is 10.2 Å². The molecule has 0 radical (unpaired) electrons. The van der Waals surface area contributed by atoms with Gasteiger partial charge in [0, 0.05) is 6.42 Å². The van der Waals surface area contributed by atoms with Crippen molar-refractivity contribution >= 4 is 23.6 Å². The number of piperidine rings is 1. The summed E-state index contributed by atoms with van der Waals surface area (Å²) in [4.78, 5) is 49.8. The first-order chi connectivity index (χ1) is 14.4. The number of nitrogens with zero attached hydrogens (tertiary/aromatic N) is 1. The Hall–Kier alpha value is -2.78. The van der Waals surface area contributed by atoms with Gasteiger partial charge in [-0.25, -0.2) is 0 Å². The second kappa shape index (κ2) is 8.53. The quantitative estimate of drug-likeness (QED) is 0.528. The lowest BCUT2D eigenvalue weighted by Gasteiger charge is -2.27. The zero-order valence-corrected chi connectivity index (χ0v) is 16.7. The number of fused-ring (bicyclic) bond motifs is 1. The molecule has 3 heterocycles. The van der Waals surface area contributed by atoms with E-state index in [9.17, 15) is 19.2 Å². The molecule has 1 aromatic carbocycles. The van der Waals surface area contributed by atoms with Crippen LogP contribution in [0, 0.1) is 0 Å². The van der Waals surface area contributed by atoms with E-state index in [0.717, 1.165) is 24.2 Å². The van der Waals surface area contributed by atoms with E-state index in [0.29, 0.717) is 19.0 Å². The summed E-state index contributed by atoms with van der Waals surface area (Å²) in [7, 11) is 0. The topological polar surface area (TPSA) is 111 Å². The zero-order valence-electron chi connectivity index (χ0n) is 16.7. The van der Waals surface area contributed by atoms with Crippen LogP contribution in [0.1, 0.15) is 59.7 Å². The number of benzene rings is 1. The fraction of sp³-hybridized carbons (Fsp3) is 0.524. The van der Waals surface area contributed by atoms with E-state index >= 15 is 0 Å². The van der Waals surface area contributed by atoms with E-state index in [4.69, 9.17) is 14.2 Å². The first-order valence-corrected chi connectivity index (χ1v) is 10.2. The minimum atomic E-state index is -0.970. The predicted octanol–water partition coefficient (Wildman–Crippen LogP) is 1.40. The van der Waals surface area contributed by atoms with Crippen molar-refractivity contribution in [3.63, 3.8) is 0 Å². The highest BCUT2D eigenvalue weighted by Crippen LogP contribution is 2.30. The van der Waals surface area contributed by atoms with Crippen molar-refractivity contribution < 1.29 is 33.4 Å². The lowest BCUT2D eigenvalue weighted by Crippen LogP contribution is -2.54. The Morgan fingerprint density at radius 2 is 1.93 bits per heavy atom. The Bertz CT molecular complexity index is 884. The normalized spacial score (nSPS) is 26.2. The number of nitrogens with one attached hydrogen (secondary N) is 1. The Balaban J connectivity index is 1.33. The van der Waals surface area contributed by atoms with Crippen molar-refractivity contribution in [3.8, 4) is 5.75 Å². The van der Waals surface area contributed by atoms with Gasteiger partial charge in [0.25, 0.3) is 11.8 Å². The van der Waals surface area contributed by atoms with Gasteiger partial charge in [0.05, 0.1) is 30.4 Å². The molecule has 9 nitrogen and oxygen atoms in total. The maximum absolute atomic E-state index is 12.8. The van der Waals surface area contributed by atoms with Crippen LogP contribution in [-0.4, -0.2) is 60.2 Å². The summed E-state index contributed by atoms with van der Waals surface area (Å²) in [5, 5.41) is 2.18. The zero-order chi connectivity index (χ0) is 21.3. The number of amides is 4. The third-order valence-corrected chi connectivity index (χ3v) is 5.42. The Morgan fingerprint density at radius 1 is 1.13 bits per heavy atom. The van der Waals surface area contributed by atoms with Crippen molar-refractivity contribution in [2.45, 2.75) is 57.5 Å². The summed E-state index contributed by atoms with van der Waals surface area (Å²) < 4.78 is 16.8. The molecule has 1 aromatic rings. The molecule has 1 N–H and O–H groups in total. The van der Waals surface area contributed by atoms with Crippen LogP contribution in [0.3, 0.4) is 0 Å². The van der Waals surface area contributed by atoms with Gasteiger partial charge >= 0.3 is 0 Å². The third kappa shape index (κ3) is 4.08. The van der Waals surface area contributed by atoms with E-state index < -0.39 is 29.7 Å². The minimum Gasteiger partial charge on any atom is -0.494 e. The molecule has 9 heteroatoms. The number of hydrogen-bond acceptors (Lipinski definition) is 7. The molecule has 0 aromatic heterocycles.